The van der Waals surface area contributed by atoms with Crippen molar-refractivity contribution in [1.29, 1.82) is 0 Å². The topological polar surface area (TPSA) is 73.5 Å². The number of carbonyl (C=O) groups is 2. The maximum atomic E-state index is 13.4. The molecule has 33 heavy (non-hydrogen) atoms. The number of carbonyl (C=O) groups excluding carboxylic acids is 2. The molecular formula is C23H24ClF3N4O2. The Labute approximate surface area is 194 Å². The van der Waals surface area contributed by atoms with Gasteiger partial charge in [-0.25, -0.2) is 4.79 Å². The summed E-state index contributed by atoms with van der Waals surface area (Å²) in [5.41, 5.74) is 3.15. The van der Waals surface area contributed by atoms with Gasteiger partial charge in [-0.1, -0.05) is 17.7 Å². The first-order valence-corrected chi connectivity index (χ1v) is 11.1. The monoisotopic (exact) mass is 480 g/mol. The van der Waals surface area contributed by atoms with Crippen molar-refractivity contribution in [3.05, 3.63) is 58.6 Å². The number of nitrogens with zero attached hydrogens (tertiary/aromatic N) is 1. The smallest absolute Gasteiger partial charge is 0.324 e. The molecule has 2 atom stereocenters. The lowest BCUT2D eigenvalue weighted by Gasteiger charge is -2.24. The van der Waals surface area contributed by atoms with E-state index < -0.39 is 43.0 Å². The Kier molecular flexibility index (Phi) is 6.81. The second-order valence-corrected chi connectivity index (χ2v) is 8.74. The summed E-state index contributed by atoms with van der Waals surface area (Å²) in [6, 6.07) is 9.70. The summed E-state index contributed by atoms with van der Waals surface area (Å²) >= 11 is 5.84. The molecule has 2 aliphatic heterocycles. The number of anilines is 2. The Balaban J connectivity index is 1.51. The highest BCUT2D eigenvalue weighted by atomic mass is 35.5. The second kappa shape index (κ2) is 9.61. The minimum absolute atomic E-state index is 0.373. The van der Waals surface area contributed by atoms with Gasteiger partial charge in [-0.15, -0.1) is 0 Å². The van der Waals surface area contributed by atoms with Gasteiger partial charge in [0.05, 0.1) is 5.92 Å². The van der Waals surface area contributed by atoms with Crippen LogP contribution in [0.5, 0.6) is 0 Å². The number of hydrogen-bond donors (Lipinski definition) is 3. The largest absolute Gasteiger partial charge is 0.393 e. The molecule has 10 heteroatoms. The van der Waals surface area contributed by atoms with Crippen molar-refractivity contribution in [1.82, 2.24) is 10.2 Å². The second-order valence-electron chi connectivity index (χ2n) is 8.30. The minimum atomic E-state index is -4.51. The molecule has 2 heterocycles. The van der Waals surface area contributed by atoms with E-state index in [0.29, 0.717) is 16.4 Å². The van der Waals surface area contributed by atoms with Crippen LogP contribution >= 0.6 is 11.6 Å². The Bertz CT molecular complexity index is 1030. The molecule has 3 amide bonds. The zero-order valence-corrected chi connectivity index (χ0v) is 18.5. The van der Waals surface area contributed by atoms with Crippen LogP contribution in [0, 0.1) is 5.92 Å². The van der Waals surface area contributed by atoms with Gasteiger partial charge in [-0.3, -0.25) is 4.79 Å². The summed E-state index contributed by atoms with van der Waals surface area (Å²) in [5, 5.41) is 9.04. The predicted molar refractivity (Wildman–Crippen MR) is 120 cm³/mol. The molecule has 0 bridgehead atoms. The number of amides is 3. The molecule has 0 aliphatic carbocycles. The Morgan fingerprint density at radius 1 is 0.970 bits per heavy atom. The molecule has 1 saturated heterocycles. The van der Waals surface area contributed by atoms with Crippen LogP contribution in [-0.2, 0) is 17.6 Å². The number of fused-ring (bicyclic) bond motifs is 1. The number of hydrogen-bond acceptors (Lipinski definition) is 3. The highest BCUT2D eigenvalue weighted by Crippen LogP contribution is 2.37. The van der Waals surface area contributed by atoms with Crippen molar-refractivity contribution in [2.24, 2.45) is 5.92 Å². The van der Waals surface area contributed by atoms with Gasteiger partial charge in [-0.05, 0) is 79.9 Å². The third-order valence-electron chi connectivity index (χ3n) is 6.04. The summed E-state index contributed by atoms with van der Waals surface area (Å²) < 4.78 is 40.3. The molecule has 1 unspecified atom stereocenters. The molecule has 6 nitrogen and oxygen atoms in total. The van der Waals surface area contributed by atoms with E-state index in [1.54, 1.807) is 18.2 Å². The molecule has 0 radical (unpaired) electrons. The number of alkyl halides is 3. The Morgan fingerprint density at radius 3 is 2.33 bits per heavy atom. The Morgan fingerprint density at radius 2 is 1.64 bits per heavy atom. The maximum absolute atomic E-state index is 13.4. The van der Waals surface area contributed by atoms with Gasteiger partial charge in [0.25, 0.3) is 0 Å². The zero-order valence-electron chi connectivity index (χ0n) is 17.7. The molecule has 2 aromatic carbocycles. The zero-order chi connectivity index (χ0) is 23.6. The average Bonchev–Trinajstić information content (AvgIpc) is 3.11. The summed E-state index contributed by atoms with van der Waals surface area (Å²) in [6.07, 6.45) is -3.32. The van der Waals surface area contributed by atoms with Gasteiger partial charge in [-0.2, -0.15) is 13.2 Å². The highest BCUT2D eigenvalue weighted by Gasteiger charge is 2.51. The van der Waals surface area contributed by atoms with E-state index in [1.807, 2.05) is 12.1 Å². The van der Waals surface area contributed by atoms with Gasteiger partial charge in [0.1, 0.15) is 6.04 Å². The highest BCUT2D eigenvalue weighted by molar-refractivity contribution is 6.30. The van der Waals surface area contributed by atoms with Crippen LogP contribution in [0.15, 0.2) is 42.5 Å². The fourth-order valence-electron chi connectivity index (χ4n) is 4.25. The van der Waals surface area contributed by atoms with Gasteiger partial charge < -0.3 is 20.9 Å². The number of nitrogens with one attached hydrogen (secondary N) is 3. The van der Waals surface area contributed by atoms with E-state index in [4.69, 9.17) is 11.6 Å². The van der Waals surface area contributed by atoms with Crippen molar-refractivity contribution in [2.45, 2.75) is 31.5 Å². The fraction of sp³-hybridized carbons (Fsp3) is 0.391. The van der Waals surface area contributed by atoms with E-state index in [2.05, 4.69) is 16.0 Å². The molecule has 176 valence electrons. The van der Waals surface area contributed by atoms with Crippen LogP contribution in [-0.4, -0.2) is 48.7 Å². The average molecular weight is 481 g/mol. The van der Waals surface area contributed by atoms with Crippen LogP contribution in [0.4, 0.5) is 29.3 Å². The Hall–Kier alpha value is -2.78. The van der Waals surface area contributed by atoms with Crippen molar-refractivity contribution < 1.29 is 22.8 Å². The van der Waals surface area contributed by atoms with Gasteiger partial charge >= 0.3 is 12.2 Å². The number of urea groups is 1. The van der Waals surface area contributed by atoms with Crippen LogP contribution in [0.25, 0.3) is 0 Å². The first-order chi connectivity index (χ1) is 15.7. The lowest BCUT2D eigenvalue weighted by atomic mass is 10.0. The van der Waals surface area contributed by atoms with Crippen molar-refractivity contribution in [3.8, 4) is 0 Å². The number of rotatable bonds is 3. The van der Waals surface area contributed by atoms with Crippen molar-refractivity contribution >= 4 is 34.9 Å². The first-order valence-electron chi connectivity index (χ1n) is 10.7. The summed E-state index contributed by atoms with van der Waals surface area (Å²) in [4.78, 5) is 26.8. The summed E-state index contributed by atoms with van der Waals surface area (Å²) in [6.45, 7) is 1.10. The third kappa shape index (κ3) is 5.59. The lowest BCUT2D eigenvalue weighted by Crippen LogP contribution is -2.45. The van der Waals surface area contributed by atoms with Crippen LogP contribution < -0.4 is 16.0 Å². The predicted octanol–water partition coefficient (Wildman–Crippen LogP) is 4.45. The van der Waals surface area contributed by atoms with Crippen LogP contribution in [0.2, 0.25) is 5.02 Å². The van der Waals surface area contributed by atoms with Gasteiger partial charge in [0.2, 0.25) is 5.91 Å². The fourth-order valence-corrected chi connectivity index (χ4v) is 4.38. The van der Waals surface area contributed by atoms with E-state index in [1.165, 1.54) is 17.7 Å². The van der Waals surface area contributed by atoms with E-state index in [9.17, 15) is 22.8 Å². The van der Waals surface area contributed by atoms with Gasteiger partial charge in [0, 0.05) is 22.9 Å². The molecule has 2 aliphatic rings. The number of benzene rings is 2. The molecule has 2 aromatic rings. The number of likely N-dealkylation sites (tertiary alicyclic amines) is 1. The van der Waals surface area contributed by atoms with Crippen LogP contribution in [0.3, 0.4) is 0 Å². The molecule has 0 aromatic heterocycles. The first kappa shape index (κ1) is 23.4. The quantitative estimate of drug-likeness (QED) is 0.607. The lowest BCUT2D eigenvalue weighted by molar-refractivity contribution is -0.170. The molecule has 3 N–H and O–H groups in total. The molecule has 1 fully saturated rings. The van der Waals surface area contributed by atoms with E-state index >= 15 is 0 Å². The standard InChI is InChI=1S/C23H24ClF3N4O2/c24-17-2-5-18(6-3-17)30-22(33)31-13-16(23(25,26)27)12-20(31)21(32)29-19-4-1-14-7-9-28-10-8-15(14)11-19/h1-6,11,16,20,28H,7-10,12-13H2,(H,29,32)(H,30,33)/t16?,20-/m1/s1. The molecular weight excluding hydrogens is 457 g/mol. The van der Waals surface area contributed by atoms with Gasteiger partial charge in [0.15, 0.2) is 0 Å². The molecule has 0 saturated carbocycles. The molecule has 4 rings (SSSR count). The minimum Gasteiger partial charge on any atom is -0.324 e. The van der Waals surface area contributed by atoms with E-state index in [-0.39, 0.29) is 0 Å². The summed E-state index contributed by atoms with van der Waals surface area (Å²) in [7, 11) is 0. The molecule has 0 spiro atoms. The van der Waals surface area contributed by atoms with Crippen LogP contribution in [0.1, 0.15) is 17.5 Å². The normalized spacial score (nSPS) is 20.7. The maximum Gasteiger partial charge on any atom is 0.393 e. The van der Waals surface area contributed by atoms with Crippen molar-refractivity contribution in [3.63, 3.8) is 0 Å². The van der Waals surface area contributed by atoms with E-state index in [0.717, 1.165) is 36.4 Å². The SMILES string of the molecule is O=C(Nc1ccc2c(c1)CCNCC2)[C@H]1CC(C(F)(F)F)CN1C(=O)Nc1ccc(Cl)cc1. The van der Waals surface area contributed by atoms with Crippen molar-refractivity contribution in [2.75, 3.05) is 30.3 Å². The number of halogens is 4. The summed E-state index contributed by atoms with van der Waals surface area (Å²) in [5.74, 6) is -2.41. The third-order valence-corrected chi connectivity index (χ3v) is 6.29.